The molecule has 2 aliphatic heterocycles. The first kappa shape index (κ1) is 18.1. The van der Waals surface area contributed by atoms with E-state index in [1.807, 2.05) is 31.2 Å². The predicted octanol–water partition coefficient (Wildman–Crippen LogP) is 0.731. The van der Waals surface area contributed by atoms with Crippen molar-refractivity contribution in [3.63, 3.8) is 0 Å². The lowest BCUT2D eigenvalue weighted by molar-refractivity contribution is -0.931. The Labute approximate surface area is 158 Å². The highest BCUT2D eigenvalue weighted by molar-refractivity contribution is 7.91. The summed E-state index contributed by atoms with van der Waals surface area (Å²) < 4.78 is 37.9. The number of anilines is 1. The van der Waals surface area contributed by atoms with Gasteiger partial charge in [0.25, 0.3) is 5.91 Å². The molecule has 0 aromatic heterocycles. The van der Waals surface area contributed by atoms with Crippen LogP contribution in [0.25, 0.3) is 0 Å². The zero-order valence-electron chi connectivity index (χ0n) is 15.1. The largest absolute Gasteiger partial charge is 0.318 e. The van der Waals surface area contributed by atoms with E-state index in [0.717, 1.165) is 21.7 Å². The average molecular weight is 389 g/mol. The van der Waals surface area contributed by atoms with Gasteiger partial charge in [-0.1, -0.05) is 29.8 Å². The van der Waals surface area contributed by atoms with Crippen molar-refractivity contribution >= 4 is 21.4 Å². The number of halogens is 1. The van der Waals surface area contributed by atoms with Crippen LogP contribution in [0.15, 0.2) is 48.5 Å². The van der Waals surface area contributed by atoms with Crippen LogP contribution in [0, 0.1) is 12.7 Å². The van der Waals surface area contributed by atoms with Crippen molar-refractivity contribution < 1.29 is 22.5 Å². The van der Waals surface area contributed by atoms with Crippen molar-refractivity contribution in [1.29, 1.82) is 0 Å². The molecule has 1 N–H and O–H groups in total. The molecule has 0 bridgehead atoms. The first-order valence-electron chi connectivity index (χ1n) is 9.00. The number of sulfone groups is 1. The van der Waals surface area contributed by atoms with E-state index in [-0.39, 0.29) is 41.9 Å². The molecule has 2 aromatic carbocycles. The van der Waals surface area contributed by atoms with E-state index in [4.69, 9.17) is 0 Å². The van der Waals surface area contributed by atoms with Crippen LogP contribution < -0.4 is 9.80 Å². The van der Waals surface area contributed by atoms with Crippen molar-refractivity contribution in [2.75, 3.05) is 23.0 Å². The van der Waals surface area contributed by atoms with E-state index in [1.54, 1.807) is 17.0 Å². The van der Waals surface area contributed by atoms with Crippen molar-refractivity contribution in [2.45, 2.75) is 25.6 Å². The highest BCUT2D eigenvalue weighted by atomic mass is 32.2. The topological polar surface area (TPSA) is 58.9 Å². The predicted molar refractivity (Wildman–Crippen MR) is 101 cm³/mol. The van der Waals surface area contributed by atoms with Crippen LogP contribution in [-0.2, 0) is 21.2 Å². The summed E-state index contributed by atoms with van der Waals surface area (Å²) >= 11 is 0. The number of carbonyl (C=O) groups excluding carboxylic acids is 1. The molecular weight excluding hydrogens is 367 g/mol. The highest BCUT2D eigenvalue weighted by Crippen LogP contribution is 2.26. The zero-order chi connectivity index (χ0) is 19.2. The van der Waals surface area contributed by atoms with Gasteiger partial charge in [-0.05, 0) is 31.2 Å². The molecule has 0 spiro atoms. The maximum absolute atomic E-state index is 13.2. The van der Waals surface area contributed by atoms with Crippen LogP contribution in [0.5, 0.6) is 0 Å². The van der Waals surface area contributed by atoms with Gasteiger partial charge in [0, 0.05) is 11.3 Å². The summed E-state index contributed by atoms with van der Waals surface area (Å²) in [7, 11) is -3.21. The summed E-state index contributed by atoms with van der Waals surface area (Å²) in [5.41, 5.74) is 2.73. The number of hydrogen-bond donors (Lipinski definition) is 1. The van der Waals surface area contributed by atoms with Gasteiger partial charge in [-0.25, -0.2) is 12.8 Å². The molecule has 4 rings (SSSR count). The highest BCUT2D eigenvalue weighted by Gasteiger charge is 2.52. The van der Waals surface area contributed by atoms with Crippen molar-refractivity contribution in [1.82, 2.24) is 0 Å². The second kappa shape index (κ2) is 6.73. The minimum atomic E-state index is -3.21. The molecule has 0 radical (unpaired) electrons. The first-order chi connectivity index (χ1) is 12.8. The maximum Gasteiger partial charge on any atom is 0.282 e. The molecule has 2 fully saturated rings. The number of aryl methyl sites for hydroxylation is 1. The second-order valence-corrected chi connectivity index (χ2v) is 9.64. The lowest BCUT2D eigenvalue weighted by Gasteiger charge is -2.40. The van der Waals surface area contributed by atoms with E-state index in [2.05, 4.69) is 0 Å². The zero-order valence-corrected chi connectivity index (χ0v) is 15.9. The van der Waals surface area contributed by atoms with E-state index in [9.17, 15) is 17.6 Å². The monoisotopic (exact) mass is 389 g/mol. The minimum Gasteiger partial charge on any atom is -0.318 e. The molecule has 2 aliphatic rings. The van der Waals surface area contributed by atoms with Crippen molar-refractivity contribution in [2.24, 2.45) is 0 Å². The summed E-state index contributed by atoms with van der Waals surface area (Å²) in [5, 5.41) is 0. The normalized spacial score (nSPS) is 26.8. The molecule has 1 amide bonds. The number of amides is 1. The number of piperazine rings is 1. The van der Waals surface area contributed by atoms with Gasteiger partial charge in [-0.3, -0.25) is 9.69 Å². The molecule has 1 unspecified atom stereocenters. The molecule has 2 saturated heterocycles. The molecule has 2 heterocycles. The molecule has 0 saturated carbocycles. The van der Waals surface area contributed by atoms with Crippen LogP contribution in [0.4, 0.5) is 10.1 Å². The lowest BCUT2D eigenvalue weighted by atomic mass is 10.0. The SMILES string of the molecule is Cc1ccc(N2C(=O)C[NH+](Cc3ccc(F)cc3)[C@H]3CS(=O)(=O)C[C@H]32)cc1. The molecule has 142 valence electrons. The van der Waals surface area contributed by atoms with E-state index < -0.39 is 9.84 Å². The quantitative estimate of drug-likeness (QED) is 0.842. The molecule has 7 heteroatoms. The van der Waals surface area contributed by atoms with Gasteiger partial charge in [0.15, 0.2) is 16.4 Å². The lowest BCUT2D eigenvalue weighted by Crippen LogP contribution is -3.19. The number of hydrogen-bond acceptors (Lipinski definition) is 3. The van der Waals surface area contributed by atoms with Gasteiger partial charge >= 0.3 is 0 Å². The number of nitrogens with zero attached hydrogens (tertiary/aromatic N) is 1. The fourth-order valence-electron chi connectivity index (χ4n) is 4.17. The van der Waals surface area contributed by atoms with Gasteiger partial charge in [0.2, 0.25) is 0 Å². The Balaban J connectivity index is 1.65. The van der Waals surface area contributed by atoms with Crippen LogP contribution >= 0.6 is 0 Å². The number of nitrogens with one attached hydrogen (secondary N) is 1. The smallest absolute Gasteiger partial charge is 0.282 e. The van der Waals surface area contributed by atoms with Crippen molar-refractivity contribution in [3.05, 3.63) is 65.5 Å². The fourth-order valence-corrected chi connectivity index (χ4v) is 6.21. The second-order valence-electron chi connectivity index (χ2n) is 7.49. The summed E-state index contributed by atoms with van der Waals surface area (Å²) in [5.74, 6) is -0.321. The molecule has 27 heavy (non-hydrogen) atoms. The first-order valence-corrected chi connectivity index (χ1v) is 10.8. The molecular formula is C20H22FN2O3S+. The summed E-state index contributed by atoms with van der Waals surface area (Å²) in [6.07, 6.45) is 0. The number of fused-ring (bicyclic) bond motifs is 1. The van der Waals surface area contributed by atoms with Gasteiger partial charge in [0.1, 0.15) is 30.2 Å². The Hall–Kier alpha value is -2.25. The van der Waals surface area contributed by atoms with Crippen LogP contribution in [0.1, 0.15) is 11.1 Å². The summed E-state index contributed by atoms with van der Waals surface area (Å²) in [4.78, 5) is 15.5. The Kier molecular flexibility index (Phi) is 4.52. The van der Waals surface area contributed by atoms with Gasteiger partial charge in [0.05, 0.1) is 5.75 Å². The number of carbonyl (C=O) groups is 1. The number of quaternary nitrogens is 1. The van der Waals surface area contributed by atoms with Crippen LogP contribution in [0.2, 0.25) is 0 Å². The molecule has 2 aromatic rings. The third-order valence-electron chi connectivity index (χ3n) is 5.48. The summed E-state index contributed by atoms with van der Waals surface area (Å²) in [6.45, 7) is 2.70. The van der Waals surface area contributed by atoms with Crippen LogP contribution in [0.3, 0.4) is 0 Å². The summed E-state index contributed by atoms with van der Waals surface area (Å²) in [6, 6.07) is 13.2. The molecule has 5 nitrogen and oxygen atoms in total. The number of benzene rings is 2. The Bertz CT molecular complexity index is 958. The third-order valence-corrected chi connectivity index (χ3v) is 7.20. The van der Waals surface area contributed by atoms with E-state index >= 15 is 0 Å². The van der Waals surface area contributed by atoms with Gasteiger partial charge < -0.3 is 4.90 Å². The number of rotatable bonds is 3. The van der Waals surface area contributed by atoms with Gasteiger partial charge in [-0.2, -0.15) is 0 Å². The van der Waals surface area contributed by atoms with Crippen molar-refractivity contribution in [3.8, 4) is 0 Å². The standard InChI is InChI=1S/C20H21FN2O3S/c1-14-2-8-17(9-3-14)23-19-13-27(25,26)12-18(19)22(11-20(23)24)10-15-4-6-16(21)7-5-15/h2-9,18-19H,10-13H2,1H3/p+1/t18-,19+/m0/s1. The maximum atomic E-state index is 13.2. The van der Waals surface area contributed by atoms with E-state index in [0.29, 0.717) is 6.54 Å². The fraction of sp³-hybridized carbons (Fsp3) is 0.350. The van der Waals surface area contributed by atoms with Gasteiger partial charge in [-0.15, -0.1) is 0 Å². The molecule has 0 aliphatic carbocycles. The Morgan fingerprint density at radius 3 is 2.41 bits per heavy atom. The molecule has 3 atom stereocenters. The van der Waals surface area contributed by atoms with Crippen LogP contribution in [-0.4, -0.2) is 44.5 Å². The Morgan fingerprint density at radius 1 is 1.07 bits per heavy atom. The minimum absolute atomic E-state index is 0.00972. The van der Waals surface area contributed by atoms with E-state index in [1.165, 1.54) is 12.1 Å². The third kappa shape index (κ3) is 3.61. The average Bonchev–Trinajstić information content (AvgIpc) is 2.93. The Morgan fingerprint density at radius 2 is 1.74 bits per heavy atom.